The van der Waals surface area contributed by atoms with Crippen LogP contribution < -0.4 is 11.1 Å². The van der Waals surface area contributed by atoms with Crippen LogP contribution in [0.1, 0.15) is 51.4 Å². The molecule has 0 bridgehead atoms. The number of hydrogen-bond donors (Lipinski definition) is 3. The van der Waals surface area contributed by atoms with Crippen LogP contribution in [0.15, 0.2) is 0 Å². The van der Waals surface area contributed by atoms with Gasteiger partial charge in [-0.15, -0.1) is 0 Å². The van der Waals surface area contributed by atoms with Gasteiger partial charge in [-0.25, -0.2) is 0 Å². The number of hydrogen-bond acceptors (Lipinski definition) is 3. The SMILES string of the molecule is NC(=O)C1CCC(NC(=O)CCCCC(=O)O)CC1. The van der Waals surface area contributed by atoms with E-state index in [9.17, 15) is 14.4 Å². The third-order valence-electron chi connectivity index (χ3n) is 3.54. The highest BCUT2D eigenvalue weighted by atomic mass is 16.4. The van der Waals surface area contributed by atoms with E-state index in [1.165, 1.54) is 0 Å². The van der Waals surface area contributed by atoms with Gasteiger partial charge in [-0.2, -0.15) is 0 Å². The molecule has 19 heavy (non-hydrogen) atoms. The lowest BCUT2D eigenvalue weighted by molar-refractivity contribution is -0.137. The van der Waals surface area contributed by atoms with Gasteiger partial charge in [0.1, 0.15) is 0 Å². The molecule has 0 radical (unpaired) electrons. The second kappa shape index (κ2) is 7.76. The zero-order valence-electron chi connectivity index (χ0n) is 11.1. The number of carboxylic acids is 1. The fourth-order valence-corrected chi connectivity index (χ4v) is 2.38. The molecule has 0 atom stereocenters. The van der Waals surface area contributed by atoms with Crippen molar-refractivity contribution in [1.29, 1.82) is 0 Å². The van der Waals surface area contributed by atoms with Crippen LogP contribution in [0.25, 0.3) is 0 Å². The number of rotatable bonds is 7. The van der Waals surface area contributed by atoms with Crippen molar-refractivity contribution in [2.24, 2.45) is 11.7 Å². The first-order valence-electron chi connectivity index (χ1n) is 6.79. The Hall–Kier alpha value is -1.59. The Morgan fingerprint density at radius 1 is 1.05 bits per heavy atom. The first-order chi connectivity index (χ1) is 8.99. The minimum Gasteiger partial charge on any atom is -0.481 e. The van der Waals surface area contributed by atoms with E-state index in [0.717, 1.165) is 25.7 Å². The third kappa shape index (κ3) is 6.22. The van der Waals surface area contributed by atoms with Crippen LogP contribution in [0, 0.1) is 5.92 Å². The second-order valence-electron chi connectivity index (χ2n) is 5.12. The highest BCUT2D eigenvalue weighted by Gasteiger charge is 2.25. The summed E-state index contributed by atoms with van der Waals surface area (Å²) in [6.07, 6.45) is 4.63. The van der Waals surface area contributed by atoms with E-state index in [-0.39, 0.29) is 30.2 Å². The Morgan fingerprint density at radius 2 is 1.63 bits per heavy atom. The first-order valence-corrected chi connectivity index (χ1v) is 6.79. The Balaban J connectivity index is 2.13. The molecule has 0 saturated heterocycles. The first kappa shape index (κ1) is 15.5. The van der Waals surface area contributed by atoms with Crippen LogP contribution in [0.3, 0.4) is 0 Å². The molecule has 0 unspecified atom stereocenters. The largest absolute Gasteiger partial charge is 0.481 e. The summed E-state index contributed by atoms with van der Waals surface area (Å²) in [7, 11) is 0. The van der Waals surface area contributed by atoms with Crippen molar-refractivity contribution < 1.29 is 19.5 Å². The number of nitrogens with one attached hydrogen (secondary N) is 1. The predicted molar refractivity (Wildman–Crippen MR) is 69.2 cm³/mol. The number of carbonyl (C=O) groups excluding carboxylic acids is 2. The number of carboxylic acid groups (broad SMARTS) is 1. The average molecular weight is 270 g/mol. The predicted octanol–water partition coefficient (Wildman–Crippen LogP) is 0.792. The van der Waals surface area contributed by atoms with Gasteiger partial charge in [0.2, 0.25) is 11.8 Å². The zero-order chi connectivity index (χ0) is 14.3. The third-order valence-corrected chi connectivity index (χ3v) is 3.54. The summed E-state index contributed by atoms with van der Waals surface area (Å²) in [5.74, 6) is -1.17. The summed E-state index contributed by atoms with van der Waals surface area (Å²) in [5.41, 5.74) is 5.25. The molecular formula is C13H22N2O4. The fourth-order valence-electron chi connectivity index (χ4n) is 2.38. The quantitative estimate of drug-likeness (QED) is 0.594. The normalized spacial score (nSPS) is 22.7. The van der Waals surface area contributed by atoms with E-state index in [1.54, 1.807) is 0 Å². The van der Waals surface area contributed by atoms with Gasteiger partial charge in [-0.05, 0) is 38.5 Å². The maximum absolute atomic E-state index is 11.6. The van der Waals surface area contributed by atoms with Gasteiger partial charge in [0.25, 0.3) is 0 Å². The molecule has 1 fully saturated rings. The lowest BCUT2D eigenvalue weighted by atomic mass is 9.85. The number of aliphatic carboxylic acids is 1. The zero-order valence-corrected chi connectivity index (χ0v) is 11.1. The summed E-state index contributed by atoms with van der Waals surface area (Å²) in [6, 6.07) is 0.127. The van der Waals surface area contributed by atoms with Crippen molar-refractivity contribution in [3.63, 3.8) is 0 Å². The number of primary amides is 1. The molecule has 0 aromatic heterocycles. The monoisotopic (exact) mass is 270 g/mol. The van der Waals surface area contributed by atoms with Crippen LogP contribution in [-0.4, -0.2) is 28.9 Å². The molecule has 1 aliphatic rings. The topological polar surface area (TPSA) is 109 Å². The fraction of sp³-hybridized carbons (Fsp3) is 0.769. The van der Waals surface area contributed by atoms with Crippen molar-refractivity contribution in [2.75, 3.05) is 0 Å². The molecule has 1 rings (SSSR count). The van der Waals surface area contributed by atoms with Gasteiger partial charge in [0, 0.05) is 24.8 Å². The highest BCUT2D eigenvalue weighted by molar-refractivity contribution is 5.77. The smallest absolute Gasteiger partial charge is 0.303 e. The summed E-state index contributed by atoms with van der Waals surface area (Å²) in [6.45, 7) is 0. The highest BCUT2D eigenvalue weighted by Crippen LogP contribution is 2.23. The van der Waals surface area contributed by atoms with Gasteiger partial charge in [-0.3, -0.25) is 14.4 Å². The molecule has 0 heterocycles. The van der Waals surface area contributed by atoms with E-state index >= 15 is 0 Å². The van der Waals surface area contributed by atoms with Crippen molar-refractivity contribution in [3.05, 3.63) is 0 Å². The maximum Gasteiger partial charge on any atom is 0.303 e. The number of carbonyl (C=O) groups is 3. The van der Waals surface area contributed by atoms with Gasteiger partial charge < -0.3 is 16.2 Å². The molecule has 6 heteroatoms. The summed E-state index contributed by atoms with van der Waals surface area (Å²) >= 11 is 0. The number of nitrogens with two attached hydrogens (primary N) is 1. The molecule has 0 aromatic carbocycles. The Morgan fingerprint density at radius 3 is 2.16 bits per heavy atom. The Bertz CT molecular complexity index is 336. The molecular weight excluding hydrogens is 248 g/mol. The van der Waals surface area contributed by atoms with Crippen LogP contribution in [-0.2, 0) is 14.4 Å². The van der Waals surface area contributed by atoms with Crippen molar-refractivity contribution in [1.82, 2.24) is 5.32 Å². The molecule has 1 saturated carbocycles. The van der Waals surface area contributed by atoms with Crippen LogP contribution in [0.5, 0.6) is 0 Å². The van der Waals surface area contributed by atoms with Crippen LogP contribution in [0.2, 0.25) is 0 Å². The molecule has 2 amide bonds. The van der Waals surface area contributed by atoms with Crippen molar-refractivity contribution in [3.8, 4) is 0 Å². The minimum atomic E-state index is -0.829. The summed E-state index contributed by atoms with van der Waals surface area (Å²) < 4.78 is 0. The number of unbranched alkanes of at least 4 members (excludes halogenated alkanes) is 1. The van der Waals surface area contributed by atoms with Crippen molar-refractivity contribution in [2.45, 2.75) is 57.4 Å². The molecule has 1 aliphatic carbocycles. The van der Waals surface area contributed by atoms with Gasteiger partial charge in [0.05, 0.1) is 0 Å². The van der Waals surface area contributed by atoms with Gasteiger partial charge >= 0.3 is 5.97 Å². The van der Waals surface area contributed by atoms with Crippen LogP contribution >= 0.6 is 0 Å². The summed E-state index contributed by atoms with van der Waals surface area (Å²) in [5, 5.41) is 11.4. The van der Waals surface area contributed by atoms with E-state index < -0.39 is 5.97 Å². The van der Waals surface area contributed by atoms with E-state index in [0.29, 0.717) is 19.3 Å². The molecule has 6 nitrogen and oxygen atoms in total. The summed E-state index contributed by atoms with van der Waals surface area (Å²) in [4.78, 5) is 32.9. The lowest BCUT2D eigenvalue weighted by Gasteiger charge is -2.27. The Labute approximate surface area is 112 Å². The molecule has 0 aliphatic heterocycles. The molecule has 108 valence electrons. The maximum atomic E-state index is 11.6. The van der Waals surface area contributed by atoms with Gasteiger partial charge in [-0.1, -0.05) is 0 Å². The second-order valence-corrected chi connectivity index (χ2v) is 5.12. The Kier molecular flexibility index (Phi) is 6.32. The van der Waals surface area contributed by atoms with Crippen LogP contribution in [0.4, 0.5) is 0 Å². The average Bonchev–Trinajstić information content (AvgIpc) is 2.35. The van der Waals surface area contributed by atoms with E-state index in [2.05, 4.69) is 5.32 Å². The molecule has 0 aromatic rings. The van der Waals surface area contributed by atoms with Gasteiger partial charge in [0.15, 0.2) is 0 Å². The molecule has 4 N–H and O–H groups in total. The standard InChI is InChI=1S/C13H22N2O4/c14-13(19)9-5-7-10(8-6-9)15-11(16)3-1-2-4-12(17)18/h9-10H,1-8H2,(H2,14,19)(H,15,16)(H,17,18). The number of amides is 2. The van der Waals surface area contributed by atoms with E-state index in [1.807, 2.05) is 0 Å². The minimum absolute atomic E-state index is 0.0343. The lowest BCUT2D eigenvalue weighted by Crippen LogP contribution is -2.39. The molecule has 0 spiro atoms. The van der Waals surface area contributed by atoms with E-state index in [4.69, 9.17) is 10.8 Å². The van der Waals surface area contributed by atoms with Crippen molar-refractivity contribution >= 4 is 17.8 Å².